The van der Waals surface area contributed by atoms with Crippen molar-refractivity contribution in [3.8, 4) is 0 Å². The predicted molar refractivity (Wildman–Crippen MR) is 116 cm³/mol. The highest BCUT2D eigenvalue weighted by molar-refractivity contribution is 5.89. The maximum atomic E-state index is 11.5. The number of carbonyl (C=O) groups excluding carboxylic acids is 1. The fourth-order valence-electron chi connectivity index (χ4n) is 3.25. The highest BCUT2D eigenvalue weighted by Gasteiger charge is 2.05. The Morgan fingerprint density at radius 3 is 2.67 bits per heavy atom. The fraction of sp³-hybridized carbons (Fsp3) is 0.364. The number of rotatable bonds is 10. The minimum Gasteiger partial charge on any atom is -0.465 e. The van der Waals surface area contributed by atoms with Crippen LogP contribution in [0.3, 0.4) is 0 Å². The molecule has 0 unspecified atom stereocenters. The number of imidazole rings is 1. The molecule has 3 N–H and O–H groups in total. The van der Waals surface area contributed by atoms with Crippen LogP contribution in [-0.2, 0) is 24.1 Å². The number of aromatic amines is 1. The Balaban J connectivity index is 1.42. The van der Waals surface area contributed by atoms with Crippen molar-refractivity contribution in [3.63, 3.8) is 0 Å². The van der Waals surface area contributed by atoms with Gasteiger partial charge in [0.05, 0.1) is 31.1 Å². The second kappa shape index (κ2) is 10.4. The third-order valence-electron chi connectivity index (χ3n) is 4.77. The van der Waals surface area contributed by atoms with Gasteiger partial charge in [-0.15, -0.1) is 5.10 Å². The molecule has 8 heteroatoms. The average molecular weight is 409 g/mol. The Morgan fingerprint density at radius 1 is 1.20 bits per heavy atom. The van der Waals surface area contributed by atoms with Crippen LogP contribution in [0, 0.1) is 0 Å². The van der Waals surface area contributed by atoms with Gasteiger partial charge in [-0.05, 0) is 50.3 Å². The Bertz CT molecular complexity index is 987. The summed E-state index contributed by atoms with van der Waals surface area (Å²) < 4.78 is 6.58. The van der Waals surface area contributed by atoms with Gasteiger partial charge in [0.1, 0.15) is 0 Å². The molecule has 30 heavy (non-hydrogen) atoms. The summed E-state index contributed by atoms with van der Waals surface area (Å²) in [7, 11) is 1.38. The van der Waals surface area contributed by atoms with Crippen LogP contribution in [0.25, 0.3) is 6.08 Å². The number of methoxy groups -OCH3 is 1. The molecule has 0 radical (unpaired) electrons. The van der Waals surface area contributed by atoms with Crippen LogP contribution in [-0.4, -0.2) is 38.0 Å². The van der Waals surface area contributed by atoms with E-state index in [2.05, 4.69) is 33.3 Å². The summed E-state index contributed by atoms with van der Waals surface area (Å²) in [5.41, 5.74) is 10.4. The van der Waals surface area contributed by atoms with Gasteiger partial charge < -0.3 is 15.5 Å². The third-order valence-corrected chi connectivity index (χ3v) is 4.77. The van der Waals surface area contributed by atoms with Gasteiger partial charge >= 0.3 is 5.97 Å². The summed E-state index contributed by atoms with van der Waals surface area (Å²) in [6.07, 6.45) is 11.0. The number of unbranched alkanes of at least 4 members (excludes halogenated alkanes) is 2. The van der Waals surface area contributed by atoms with Crippen molar-refractivity contribution in [1.29, 1.82) is 0 Å². The van der Waals surface area contributed by atoms with E-state index in [0.717, 1.165) is 54.6 Å². The van der Waals surface area contributed by atoms with Gasteiger partial charge in [0.25, 0.3) is 0 Å². The highest BCUT2D eigenvalue weighted by atomic mass is 16.5. The van der Waals surface area contributed by atoms with Gasteiger partial charge in [0.2, 0.25) is 0 Å². The SMILES string of the molecule is COC(=O)c1ccc(/C=C(\C)Cn2cc(CCCCCc3cnc(N)[nH]3)nn2)cc1. The van der Waals surface area contributed by atoms with E-state index < -0.39 is 0 Å². The first kappa shape index (κ1) is 21.3. The molecule has 0 spiro atoms. The highest BCUT2D eigenvalue weighted by Crippen LogP contribution is 2.12. The number of nitrogens with zero attached hydrogens (tertiary/aromatic N) is 4. The van der Waals surface area contributed by atoms with Crippen molar-refractivity contribution in [2.24, 2.45) is 0 Å². The summed E-state index contributed by atoms with van der Waals surface area (Å²) in [5.74, 6) is 0.146. The largest absolute Gasteiger partial charge is 0.465 e. The molecule has 3 aromatic rings. The van der Waals surface area contributed by atoms with Crippen molar-refractivity contribution < 1.29 is 9.53 Å². The Hall–Kier alpha value is -3.42. The minimum atomic E-state index is -0.330. The second-order valence-electron chi connectivity index (χ2n) is 7.37. The first-order chi connectivity index (χ1) is 14.5. The van der Waals surface area contributed by atoms with E-state index >= 15 is 0 Å². The number of nitrogen functional groups attached to an aromatic ring is 1. The topological polar surface area (TPSA) is 112 Å². The molecule has 0 saturated carbocycles. The second-order valence-corrected chi connectivity index (χ2v) is 7.37. The monoisotopic (exact) mass is 408 g/mol. The van der Waals surface area contributed by atoms with E-state index in [1.165, 1.54) is 7.11 Å². The van der Waals surface area contributed by atoms with E-state index in [1.54, 1.807) is 18.3 Å². The number of aromatic nitrogens is 5. The predicted octanol–water partition coefficient (Wildman–Crippen LogP) is 3.43. The number of carbonyl (C=O) groups is 1. The lowest BCUT2D eigenvalue weighted by molar-refractivity contribution is 0.0600. The van der Waals surface area contributed by atoms with E-state index in [-0.39, 0.29) is 5.97 Å². The van der Waals surface area contributed by atoms with E-state index in [9.17, 15) is 4.79 Å². The van der Waals surface area contributed by atoms with Crippen LogP contribution in [0.15, 0.2) is 42.2 Å². The molecule has 0 bridgehead atoms. The summed E-state index contributed by atoms with van der Waals surface area (Å²) in [6.45, 7) is 2.73. The Morgan fingerprint density at radius 2 is 1.97 bits per heavy atom. The van der Waals surface area contributed by atoms with Crippen molar-refractivity contribution in [2.45, 2.75) is 45.6 Å². The number of esters is 1. The quantitative estimate of drug-likeness (QED) is 0.393. The lowest BCUT2D eigenvalue weighted by Gasteiger charge is -2.03. The average Bonchev–Trinajstić information content (AvgIpc) is 3.36. The van der Waals surface area contributed by atoms with Crippen molar-refractivity contribution in [1.82, 2.24) is 25.0 Å². The number of nitrogens with two attached hydrogens (primary N) is 1. The maximum Gasteiger partial charge on any atom is 0.337 e. The molecule has 0 fully saturated rings. The zero-order valence-electron chi connectivity index (χ0n) is 17.5. The molecule has 0 aliphatic carbocycles. The van der Waals surface area contributed by atoms with Crippen LogP contribution in [0.2, 0.25) is 0 Å². The molecule has 8 nitrogen and oxygen atoms in total. The van der Waals surface area contributed by atoms with Gasteiger partial charge in [0, 0.05) is 11.9 Å². The number of allylic oxidation sites excluding steroid dienone is 1. The molecular formula is C22H28N6O2. The van der Waals surface area contributed by atoms with Gasteiger partial charge in [-0.1, -0.05) is 35.4 Å². The number of aryl methyl sites for hydroxylation is 2. The zero-order chi connectivity index (χ0) is 21.3. The third kappa shape index (κ3) is 6.30. The lowest BCUT2D eigenvalue weighted by atomic mass is 10.1. The number of nitrogens with one attached hydrogen (secondary N) is 1. The molecular weight excluding hydrogens is 380 g/mol. The fourth-order valence-corrected chi connectivity index (χ4v) is 3.25. The van der Waals surface area contributed by atoms with Crippen LogP contribution >= 0.6 is 0 Å². The Kier molecular flexibility index (Phi) is 7.37. The normalized spacial score (nSPS) is 11.6. The van der Waals surface area contributed by atoms with Gasteiger partial charge in [0.15, 0.2) is 5.95 Å². The van der Waals surface area contributed by atoms with Crippen LogP contribution in [0.4, 0.5) is 5.95 Å². The molecule has 0 saturated heterocycles. The van der Waals surface area contributed by atoms with E-state index in [4.69, 9.17) is 10.5 Å². The standard InChI is InChI=1S/C22H28N6O2/c1-16(12-17-8-10-18(11-9-17)21(29)30-2)14-28-15-20(26-27-28)7-5-3-4-6-19-13-24-22(23)25-19/h8-13,15H,3-7,14H2,1-2H3,(H3,23,24,25)/b16-12+. The number of anilines is 1. The minimum absolute atomic E-state index is 0.330. The summed E-state index contributed by atoms with van der Waals surface area (Å²) in [5, 5.41) is 8.51. The molecule has 2 aromatic heterocycles. The summed E-state index contributed by atoms with van der Waals surface area (Å²) in [6, 6.07) is 7.33. The number of hydrogen-bond donors (Lipinski definition) is 2. The number of ether oxygens (including phenoxy) is 1. The lowest BCUT2D eigenvalue weighted by Crippen LogP contribution is -2.01. The van der Waals surface area contributed by atoms with Crippen LogP contribution in [0.5, 0.6) is 0 Å². The summed E-state index contributed by atoms with van der Waals surface area (Å²) >= 11 is 0. The molecule has 0 atom stereocenters. The molecule has 0 aliphatic heterocycles. The Labute approximate surface area is 176 Å². The number of hydrogen-bond acceptors (Lipinski definition) is 6. The smallest absolute Gasteiger partial charge is 0.337 e. The molecule has 0 aliphatic rings. The van der Waals surface area contributed by atoms with E-state index in [0.29, 0.717) is 18.1 Å². The maximum absolute atomic E-state index is 11.5. The van der Waals surface area contributed by atoms with Gasteiger partial charge in [-0.3, -0.25) is 0 Å². The van der Waals surface area contributed by atoms with Crippen molar-refractivity contribution >= 4 is 18.0 Å². The zero-order valence-corrected chi connectivity index (χ0v) is 17.5. The first-order valence-corrected chi connectivity index (χ1v) is 10.1. The van der Waals surface area contributed by atoms with Crippen molar-refractivity contribution in [2.75, 3.05) is 12.8 Å². The van der Waals surface area contributed by atoms with Crippen LogP contribution in [0.1, 0.15) is 53.5 Å². The molecule has 3 rings (SSSR count). The molecule has 1 aromatic carbocycles. The van der Waals surface area contributed by atoms with Gasteiger partial charge in [-0.2, -0.15) is 0 Å². The molecule has 0 amide bonds. The first-order valence-electron chi connectivity index (χ1n) is 10.1. The van der Waals surface area contributed by atoms with Crippen molar-refractivity contribution in [3.05, 3.63) is 64.7 Å². The van der Waals surface area contributed by atoms with E-state index in [1.807, 2.05) is 23.0 Å². The number of benzene rings is 1. The van der Waals surface area contributed by atoms with Crippen LogP contribution < -0.4 is 5.73 Å². The van der Waals surface area contributed by atoms with Gasteiger partial charge in [-0.25, -0.2) is 14.5 Å². The molecule has 2 heterocycles. The molecule has 158 valence electrons. The summed E-state index contributed by atoms with van der Waals surface area (Å²) in [4.78, 5) is 18.6. The number of H-pyrrole nitrogens is 1.